The van der Waals surface area contributed by atoms with Gasteiger partial charge in [-0.05, 0) is 30.5 Å². The van der Waals surface area contributed by atoms with Crippen LogP contribution in [0.5, 0.6) is 0 Å². The fourth-order valence-corrected chi connectivity index (χ4v) is 2.34. The van der Waals surface area contributed by atoms with Gasteiger partial charge in [-0.25, -0.2) is 0 Å². The molecule has 0 aliphatic heterocycles. The number of aryl methyl sites for hydroxylation is 1. The standard InChI is InChI=1S/C12H18BrNO.ClH/c1-3-4-11(15)12(14)9-6-5-8(2)7-10(9)13;/h5-7,11-12,15H,3-4,14H2,1-2H3;1H/t11-,12+;/m0./s1. The van der Waals surface area contributed by atoms with Crippen molar-refractivity contribution in [2.75, 3.05) is 0 Å². The Morgan fingerprint density at radius 2 is 2.06 bits per heavy atom. The third-order valence-electron chi connectivity index (χ3n) is 2.51. The summed E-state index contributed by atoms with van der Waals surface area (Å²) in [5.41, 5.74) is 8.15. The minimum absolute atomic E-state index is 0. The fourth-order valence-electron chi connectivity index (χ4n) is 1.59. The first kappa shape index (κ1) is 15.9. The van der Waals surface area contributed by atoms with Gasteiger partial charge in [-0.1, -0.05) is 41.4 Å². The van der Waals surface area contributed by atoms with Crippen molar-refractivity contribution in [3.05, 3.63) is 33.8 Å². The molecule has 0 amide bonds. The number of aliphatic hydroxyl groups excluding tert-OH is 1. The van der Waals surface area contributed by atoms with Gasteiger partial charge in [0.25, 0.3) is 0 Å². The molecule has 3 N–H and O–H groups in total. The smallest absolute Gasteiger partial charge is 0.0733 e. The molecule has 0 fully saturated rings. The Labute approximate surface area is 112 Å². The van der Waals surface area contributed by atoms with Gasteiger partial charge in [0.1, 0.15) is 0 Å². The maximum absolute atomic E-state index is 9.82. The Hall–Kier alpha value is -0.0900. The Balaban J connectivity index is 0.00000225. The van der Waals surface area contributed by atoms with E-state index in [1.165, 1.54) is 5.56 Å². The molecule has 0 aliphatic rings. The highest BCUT2D eigenvalue weighted by atomic mass is 79.9. The predicted molar refractivity (Wildman–Crippen MR) is 74.0 cm³/mol. The van der Waals surface area contributed by atoms with Gasteiger partial charge in [0.15, 0.2) is 0 Å². The summed E-state index contributed by atoms with van der Waals surface area (Å²) in [6, 6.07) is 5.70. The SMILES string of the molecule is CCC[C@H](O)[C@H](N)c1ccc(C)cc1Br.Cl. The van der Waals surface area contributed by atoms with E-state index in [2.05, 4.69) is 15.9 Å². The van der Waals surface area contributed by atoms with E-state index in [1.807, 2.05) is 32.0 Å². The van der Waals surface area contributed by atoms with Crippen LogP contribution in [0.25, 0.3) is 0 Å². The molecule has 0 heterocycles. The first-order valence-electron chi connectivity index (χ1n) is 5.26. The molecule has 0 aliphatic carbocycles. The highest BCUT2D eigenvalue weighted by Gasteiger charge is 2.17. The molecule has 0 saturated heterocycles. The zero-order chi connectivity index (χ0) is 11.4. The van der Waals surface area contributed by atoms with Gasteiger partial charge >= 0.3 is 0 Å². The van der Waals surface area contributed by atoms with E-state index in [-0.39, 0.29) is 18.4 Å². The van der Waals surface area contributed by atoms with Crippen LogP contribution in [-0.4, -0.2) is 11.2 Å². The summed E-state index contributed by atoms with van der Waals surface area (Å²) in [4.78, 5) is 0. The van der Waals surface area contributed by atoms with Crippen molar-refractivity contribution < 1.29 is 5.11 Å². The summed E-state index contributed by atoms with van der Waals surface area (Å²) < 4.78 is 0.977. The first-order chi connectivity index (χ1) is 7.06. The fraction of sp³-hybridized carbons (Fsp3) is 0.500. The van der Waals surface area contributed by atoms with Gasteiger partial charge in [0, 0.05) is 4.47 Å². The largest absolute Gasteiger partial charge is 0.391 e. The highest BCUT2D eigenvalue weighted by molar-refractivity contribution is 9.10. The lowest BCUT2D eigenvalue weighted by Crippen LogP contribution is -2.26. The third-order valence-corrected chi connectivity index (χ3v) is 3.20. The van der Waals surface area contributed by atoms with Gasteiger partial charge in [-0.2, -0.15) is 0 Å². The van der Waals surface area contributed by atoms with Crippen LogP contribution in [-0.2, 0) is 0 Å². The zero-order valence-electron chi connectivity index (χ0n) is 9.61. The van der Waals surface area contributed by atoms with Crippen molar-refractivity contribution in [2.45, 2.75) is 38.8 Å². The Morgan fingerprint density at radius 1 is 1.44 bits per heavy atom. The highest BCUT2D eigenvalue weighted by Crippen LogP contribution is 2.26. The van der Waals surface area contributed by atoms with E-state index in [0.29, 0.717) is 0 Å². The number of rotatable bonds is 4. The molecule has 2 atom stereocenters. The first-order valence-corrected chi connectivity index (χ1v) is 6.05. The summed E-state index contributed by atoms with van der Waals surface area (Å²) in [6.07, 6.45) is 1.22. The molecular weight excluding hydrogens is 289 g/mol. The Kier molecular flexibility index (Phi) is 7.24. The average Bonchev–Trinajstić information content (AvgIpc) is 2.17. The second kappa shape index (κ2) is 7.28. The molecule has 0 radical (unpaired) electrons. The van der Waals surface area contributed by atoms with E-state index < -0.39 is 6.10 Å². The quantitative estimate of drug-likeness (QED) is 0.896. The van der Waals surface area contributed by atoms with Crippen LogP contribution in [0.4, 0.5) is 0 Å². The number of benzene rings is 1. The lowest BCUT2D eigenvalue weighted by atomic mass is 9.98. The number of hydrogen-bond donors (Lipinski definition) is 2. The molecule has 0 saturated carbocycles. The molecule has 0 spiro atoms. The number of halogens is 2. The minimum Gasteiger partial charge on any atom is -0.391 e. The van der Waals surface area contributed by atoms with E-state index in [4.69, 9.17) is 5.73 Å². The van der Waals surface area contributed by atoms with Crippen molar-refractivity contribution in [3.8, 4) is 0 Å². The molecule has 0 aromatic heterocycles. The van der Waals surface area contributed by atoms with Crippen LogP contribution >= 0.6 is 28.3 Å². The molecular formula is C12H19BrClNO. The molecule has 4 heteroatoms. The van der Waals surface area contributed by atoms with Gasteiger partial charge in [0.05, 0.1) is 12.1 Å². The zero-order valence-corrected chi connectivity index (χ0v) is 12.0. The summed E-state index contributed by atoms with van der Waals surface area (Å²) in [5.74, 6) is 0. The number of hydrogen-bond acceptors (Lipinski definition) is 2. The lowest BCUT2D eigenvalue weighted by Gasteiger charge is -2.20. The maximum Gasteiger partial charge on any atom is 0.0733 e. The van der Waals surface area contributed by atoms with Crippen molar-refractivity contribution >= 4 is 28.3 Å². The van der Waals surface area contributed by atoms with Crippen LogP contribution in [0, 0.1) is 6.92 Å². The van der Waals surface area contributed by atoms with E-state index in [9.17, 15) is 5.11 Å². The summed E-state index contributed by atoms with van der Waals surface area (Å²) in [6.45, 7) is 4.07. The van der Waals surface area contributed by atoms with Gasteiger partial charge in [0.2, 0.25) is 0 Å². The van der Waals surface area contributed by atoms with Crippen LogP contribution in [0.3, 0.4) is 0 Å². The lowest BCUT2D eigenvalue weighted by molar-refractivity contribution is 0.134. The third kappa shape index (κ3) is 4.06. The predicted octanol–water partition coefficient (Wildman–Crippen LogP) is 3.34. The summed E-state index contributed by atoms with van der Waals surface area (Å²) >= 11 is 3.48. The summed E-state index contributed by atoms with van der Waals surface area (Å²) in [5, 5.41) is 9.82. The Bertz CT molecular complexity index is 333. The van der Waals surface area contributed by atoms with Gasteiger partial charge in [-0.15, -0.1) is 12.4 Å². The molecule has 16 heavy (non-hydrogen) atoms. The van der Waals surface area contributed by atoms with Crippen LogP contribution in [0.15, 0.2) is 22.7 Å². The van der Waals surface area contributed by atoms with E-state index in [1.54, 1.807) is 0 Å². The van der Waals surface area contributed by atoms with Gasteiger partial charge < -0.3 is 10.8 Å². The second-order valence-corrected chi connectivity index (χ2v) is 4.76. The second-order valence-electron chi connectivity index (χ2n) is 3.91. The molecule has 1 rings (SSSR count). The van der Waals surface area contributed by atoms with Crippen LogP contribution in [0.1, 0.15) is 36.9 Å². The van der Waals surface area contributed by atoms with Gasteiger partial charge in [-0.3, -0.25) is 0 Å². The summed E-state index contributed by atoms with van der Waals surface area (Å²) in [7, 11) is 0. The van der Waals surface area contributed by atoms with E-state index >= 15 is 0 Å². The van der Waals surface area contributed by atoms with Crippen LogP contribution < -0.4 is 5.73 Å². The minimum atomic E-state index is -0.464. The molecule has 0 bridgehead atoms. The molecule has 92 valence electrons. The molecule has 1 aromatic rings. The van der Waals surface area contributed by atoms with Crippen molar-refractivity contribution in [3.63, 3.8) is 0 Å². The number of nitrogens with two attached hydrogens (primary N) is 1. The monoisotopic (exact) mass is 307 g/mol. The number of aliphatic hydroxyl groups is 1. The maximum atomic E-state index is 9.82. The molecule has 0 unspecified atom stereocenters. The average molecular weight is 309 g/mol. The molecule has 1 aromatic carbocycles. The van der Waals surface area contributed by atoms with E-state index in [0.717, 1.165) is 22.9 Å². The van der Waals surface area contributed by atoms with Crippen molar-refractivity contribution in [1.82, 2.24) is 0 Å². The van der Waals surface area contributed by atoms with Crippen molar-refractivity contribution in [2.24, 2.45) is 5.73 Å². The van der Waals surface area contributed by atoms with Crippen molar-refractivity contribution in [1.29, 1.82) is 0 Å². The normalized spacial score (nSPS) is 14.1. The topological polar surface area (TPSA) is 46.2 Å². The van der Waals surface area contributed by atoms with Crippen LogP contribution in [0.2, 0.25) is 0 Å². The Morgan fingerprint density at radius 3 is 2.56 bits per heavy atom. The molecule has 2 nitrogen and oxygen atoms in total.